The van der Waals surface area contributed by atoms with Gasteiger partial charge in [0, 0.05) is 31.9 Å². The molecule has 0 spiro atoms. The van der Waals surface area contributed by atoms with E-state index in [0.29, 0.717) is 37.0 Å². The third-order valence-corrected chi connectivity index (χ3v) is 4.39. The number of aromatic nitrogens is 4. The maximum atomic E-state index is 14.3. The molecular formula is C18H20FN5O2. The fourth-order valence-corrected chi connectivity index (χ4v) is 3.13. The van der Waals surface area contributed by atoms with Crippen LogP contribution in [0.15, 0.2) is 36.5 Å². The Hall–Kier alpha value is -2.58. The molecule has 0 amide bonds. The highest BCUT2D eigenvalue weighted by Gasteiger charge is 2.34. The first-order valence-corrected chi connectivity index (χ1v) is 8.49. The molecule has 1 N–H and O–H groups in total. The topological polar surface area (TPSA) is 76.2 Å². The molecule has 26 heavy (non-hydrogen) atoms. The van der Waals surface area contributed by atoms with Gasteiger partial charge in [0.05, 0.1) is 18.3 Å². The van der Waals surface area contributed by atoms with Gasteiger partial charge in [0.15, 0.2) is 5.65 Å². The summed E-state index contributed by atoms with van der Waals surface area (Å²) in [5.41, 5.74) is 2.33. The van der Waals surface area contributed by atoms with Crippen molar-refractivity contribution in [3.05, 3.63) is 48.0 Å². The van der Waals surface area contributed by atoms with Crippen molar-refractivity contribution in [2.75, 3.05) is 20.2 Å². The molecule has 0 bridgehead atoms. The van der Waals surface area contributed by atoms with E-state index in [9.17, 15) is 4.39 Å². The van der Waals surface area contributed by atoms with Crippen LogP contribution in [0.5, 0.6) is 5.88 Å². The number of rotatable bonds is 6. The van der Waals surface area contributed by atoms with Crippen molar-refractivity contribution in [2.45, 2.75) is 25.4 Å². The summed E-state index contributed by atoms with van der Waals surface area (Å²) >= 11 is 0. The second kappa shape index (κ2) is 7.35. The lowest BCUT2D eigenvalue weighted by Gasteiger charge is -2.15. The first-order valence-electron chi connectivity index (χ1n) is 8.49. The van der Waals surface area contributed by atoms with Crippen molar-refractivity contribution in [1.82, 2.24) is 24.8 Å². The maximum absolute atomic E-state index is 14.3. The number of nitrogens with zero attached hydrogens (tertiary/aromatic N) is 4. The molecular weight excluding hydrogens is 337 g/mol. The highest BCUT2D eigenvalue weighted by Crippen LogP contribution is 2.20. The van der Waals surface area contributed by atoms with Gasteiger partial charge in [0.25, 0.3) is 0 Å². The normalized spacial score (nSPS) is 20.7. The molecule has 8 heteroatoms. The Morgan fingerprint density at radius 2 is 2.15 bits per heavy atom. The SMILES string of the molecule is COc1cccc(CN2CC(F)C(OCc3nc4ncccc4[nH]3)C2)n1. The Morgan fingerprint density at radius 3 is 3.00 bits per heavy atom. The Morgan fingerprint density at radius 1 is 1.23 bits per heavy atom. The maximum Gasteiger partial charge on any atom is 0.213 e. The quantitative estimate of drug-likeness (QED) is 0.728. The minimum atomic E-state index is -1.04. The third kappa shape index (κ3) is 3.66. The van der Waals surface area contributed by atoms with Crippen LogP contribution in [0.1, 0.15) is 11.5 Å². The fraction of sp³-hybridized carbons (Fsp3) is 0.389. The van der Waals surface area contributed by atoms with Crippen molar-refractivity contribution in [1.29, 1.82) is 0 Å². The summed E-state index contributed by atoms with van der Waals surface area (Å²) in [7, 11) is 1.58. The van der Waals surface area contributed by atoms with Crippen molar-refractivity contribution >= 4 is 11.2 Å². The molecule has 136 valence electrons. The molecule has 4 heterocycles. The lowest BCUT2D eigenvalue weighted by molar-refractivity contribution is 0.00860. The first kappa shape index (κ1) is 16.9. The van der Waals surface area contributed by atoms with E-state index < -0.39 is 12.3 Å². The van der Waals surface area contributed by atoms with Gasteiger partial charge in [-0.3, -0.25) is 4.90 Å². The lowest BCUT2D eigenvalue weighted by Crippen LogP contribution is -2.24. The summed E-state index contributed by atoms with van der Waals surface area (Å²) in [6, 6.07) is 9.32. The summed E-state index contributed by atoms with van der Waals surface area (Å²) < 4.78 is 25.2. The first-order chi connectivity index (χ1) is 12.7. The van der Waals surface area contributed by atoms with Crippen LogP contribution < -0.4 is 4.74 Å². The molecule has 2 unspecified atom stereocenters. The molecule has 1 aliphatic rings. The Balaban J connectivity index is 1.34. The van der Waals surface area contributed by atoms with Gasteiger partial charge in [-0.25, -0.2) is 19.3 Å². The van der Waals surface area contributed by atoms with Crippen LogP contribution in [0.25, 0.3) is 11.2 Å². The van der Waals surface area contributed by atoms with Gasteiger partial charge in [-0.1, -0.05) is 6.07 Å². The largest absolute Gasteiger partial charge is 0.481 e. The van der Waals surface area contributed by atoms with Gasteiger partial charge in [-0.15, -0.1) is 0 Å². The molecule has 4 rings (SSSR count). The minimum absolute atomic E-state index is 0.229. The number of imidazole rings is 1. The molecule has 3 aromatic rings. The summed E-state index contributed by atoms with van der Waals surface area (Å²) in [6.07, 6.45) is 0.164. The highest BCUT2D eigenvalue weighted by atomic mass is 19.1. The molecule has 1 fully saturated rings. The number of likely N-dealkylation sites (tertiary alicyclic amines) is 1. The predicted octanol–water partition coefficient (Wildman–Crippen LogP) is 2.10. The lowest BCUT2D eigenvalue weighted by atomic mass is 10.3. The van der Waals surface area contributed by atoms with E-state index >= 15 is 0 Å². The monoisotopic (exact) mass is 357 g/mol. The van der Waals surface area contributed by atoms with E-state index in [4.69, 9.17) is 9.47 Å². The van der Waals surface area contributed by atoms with Crippen LogP contribution in [0.4, 0.5) is 4.39 Å². The van der Waals surface area contributed by atoms with Crippen LogP contribution in [0, 0.1) is 0 Å². The Labute approximate surface area is 150 Å². The summed E-state index contributed by atoms with van der Waals surface area (Å²) in [4.78, 5) is 18.0. The molecule has 7 nitrogen and oxygen atoms in total. The van der Waals surface area contributed by atoms with E-state index in [1.807, 2.05) is 29.2 Å². The molecule has 0 aromatic carbocycles. The standard InChI is InChI=1S/C18H20FN5O2/c1-25-17-6-2-4-12(21-17)8-24-9-13(19)15(10-24)26-11-16-22-14-5-3-7-20-18(14)23-16/h2-7,13,15H,8-11H2,1H3,(H,20,22,23). The van der Waals surface area contributed by atoms with E-state index in [1.165, 1.54) is 0 Å². The fourth-order valence-electron chi connectivity index (χ4n) is 3.13. The number of methoxy groups -OCH3 is 1. The zero-order chi connectivity index (χ0) is 17.9. The van der Waals surface area contributed by atoms with Crippen LogP contribution in [0.3, 0.4) is 0 Å². The molecule has 1 saturated heterocycles. The number of pyridine rings is 2. The molecule has 0 aliphatic carbocycles. The average Bonchev–Trinajstić information content (AvgIpc) is 3.22. The van der Waals surface area contributed by atoms with E-state index in [0.717, 1.165) is 11.2 Å². The molecule has 1 aliphatic heterocycles. The Bertz CT molecular complexity index is 854. The summed E-state index contributed by atoms with van der Waals surface area (Å²) in [6.45, 7) is 1.63. The number of alkyl halides is 1. The number of H-pyrrole nitrogens is 1. The number of nitrogens with one attached hydrogen (secondary N) is 1. The second-order valence-corrected chi connectivity index (χ2v) is 6.29. The van der Waals surface area contributed by atoms with Crippen molar-refractivity contribution in [2.24, 2.45) is 0 Å². The molecule has 3 aromatic heterocycles. The van der Waals surface area contributed by atoms with Gasteiger partial charge in [0.1, 0.15) is 24.7 Å². The van der Waals surface area contributed by atoms with Crippen LogP contribution in [0.2, 0.25) is 0 Å². The number of ether oxygens (including phenoxy) is 2. The van der Waals surface area contributed by atoms with Crippen LogP contribution in [-0.4, -0.2) is 57.3 Å². The van der Waals surface area contributed by atoms with Gasteiger partial charge in [-0.2, -0.15) is 0 Å². The summed E-state index contributed by atoms with van der Waals surface area (Å²) in [5, 5.41) is 0. The Kier molecular flexibility index (Phi) is 4.77. The predicted molar refractivity (Wildman–Crippen MR) is 93.4 cm³/mol. The molecule has 2 atom stereocenters. The van der Waals surface area contributed by atoms with E-state index in [2.05, 4.69) is 19.9 Å². The molecule has 0 saturated carbocycles. The highest BCUT2D eigenvalue weighted by molar-refractivity contribution is 5.69. The van der Waals surface area contributed by atoms with Gasteiger partial charge in [0.2, 0.25) is 5.88 Å². The van der Waals surface area contributed by atoms with Crippen molar-refractivity contribution in [3.63, 3.8) is 0 Å². The zero-order valence-electron chi connectivity index (χ0n) is 14.4. The van der Waals surface area contributed by atoms with Gasteiger partial charge in [-0.05, 0) is 18.2 Å². The smallest absolute Gasteiger partial charge is 0.213 e. The van der Waals surface area contributed by atoms with Crippen molar-refractivity contribution < 1.29 is 13.9 Å². The number of hydrogen-bond acceptors (Lipinski definition) is 6. The van der Waals surface area contributed by atoms with E-state index in [-0.39, 0.29) is 6.61 Å². The average molecular weight is 357 g/mol. The second-order valence-electron chi connectivity index (χ2n) is 6.29. The third-order valence-electron chi connectivity index (χ3n) is 4.39. The summed E-state index contributed by atoms with van der Waals surface area (Å²) in [5.74, 6) is 1.21. The number of fused-ring (bicyclic) bond motifs is 1. The minimum Gasteiger partial charge on any atom is -0.481 e. The van der Waals surface area contributed by atoms with Crippen molar-refractivity contribution in [3.8, 4) is 5.88 Å². The number of aromatic amines is 1. The van der Waals surface area contributed by atoms with E-state index in [1.54, 1.807) is 19.4 Å². The number of hydrogen-bond donors (Lipinski definition) is 1. The van der Waals surface area contributed by atoms with Gasteiger partial charge < -0.3 is 14.5 Å². The van der Waals surface area contributed by atoms with Gasteiger partial charge >= 0.3 is 0 Å². The number of halogens is 1. The van der Waals surface area contributed by atoms with Crippen LogP contribution >= 0.6 is 0 Å². The zero-order valence-corrected chi connectivity index (χ0v) is 14.4. The molecule has 0 radical (unpaired) electrons. The van der Waals surface area contributed by atoms with Crippen LogP contribution in [-0.2, 0) is 17.9 Å².